The summed E-state index contributed by atoms with van der Waals surface area (Å²) in [7, 11) is 0. The van der Waals surface area contributed by atoms with Crippen LogP contribution in [0.1, 0.15) is 53.6 Å². The lowest BCUT2D eigenvalue weighted by Crippen LogP contribution is -2.48. The lowest BCUT2D eigenvalue weighted by atomic mass is 9.85. The van der Waals surface area contributed by atoms with Gasteiger partial charge in [0.05, 0.1) is 30.1 Å². The van der Waals surface area contributed by atoms with Gasteiger partial charge < -0.3 is 15.2 Å². The predicted octanol–water partition coefficient (Wildman–Crippen LogP) is 5.00. The average molecular weight is 679 g/mol. The monoisotopic (exact) mass is 678 g/mol. The molecular formula is C36H37ClF2N4O5. The summed E-state index contributed by atoms with van der Waals surface area (Å²) in [6.45, 7) is 2.47. The van der Waals surface area contributed by atoms with E-state index < -0.39 is 41.0 Å². The molecule has 0 amide bonds. The van der Waals surface area contributed by atoms with E-state index in [0.29, 0.717) is 80.4 Å². The fourth-order valence-electron chi connectivity index (χ4n) is 6.81. The minimum absolute atomic E-state index is 0.0348. The molecular weight excluding hydrogens is 642 g/mol. The molecule has 3 aromatic carbocycles. The summed E-state index contributed by atoms with van der Waals surface area (Å²) in [5.41, 5.74) is 0.410. The predicted molar refractivity (Wildman–Crippen MR) is 178 cm³/mol. The number of likely N-dealkylation sites (tertiary alicyclic amines) is 1. The summed E-state index contributed by atoms with van der Waals surface area (Å²) in [5, 5.41) is 12.8. The molecule has 3 heterocycles. The molecule has 0 saturated carbocycles. The highest BCUT2D eigenvalue weighted by Gasteiger charge is 2.47. The van der Waals surface area contributed by atoms with Crippen molar-refractivity contribution in [2.45, 2.75) is 57.4 Å². The van der Waals surface area contributed by atoms with Crippen LogP contribution < -0.4 is 16.6 Å². The van der Waals surface area contributed by atoms with E-state index in [4.69, 9.17) is 21.4 Å². The molecule has 1 fully saturated rings. The van der Waals surface area contributed by atoms with E-state index in [0.717, 1.165) is 27.8 Å². The first-order valence-electron chi connectivity index (χ1n) is 16.1. The topological polar surface area (TPSA) is 106 Å². The Kier molecular flexibility index (Phi) is 10.2. The quantitative estimate of drug-likeness (QED) is 0.203. The van der Waals surface area contributed by atoms with Gasteiger partial charge in [-0.15, -0.1) is 0 Å². The van der Waals surface area contributed by atoms with Gasteiger partial charge in [0.25, 0.3) is 5.56 Å². The van der Waals surface area contributed by atoms with Gasteiger partial charge in [0.1, 0.15) is 17.2 Å². The van der Waals surface area contributed by atoms with Crippen molar-refractivity contribution in [3.8, 4) is 5.69 Å². The van der Waals surface area contributed by atoms with Gasteiger partial charge in [0.15, 0.2) is 0 Å². The van der Waals surface area contributed by atoms with Crippen LogP contribution in [0.5, 0.6) is 0 Å². The Morgan fingerprint density at radius 3 is 2.42 bits per heavy atom. The molecule has 252 valence electrons. The van der Waals surface area contributed by atoms with Crippen LogP contribution in [0.15, 0.2) is 76.3 Å². The maximum absolute atomic E-state index is 14.9. The number of nitrogens with one attached hydrogen (secondary N) is 1. The Morgan fingerprint density at radius 2 is 1.69 bits per heavy atom. The largest absolute Gasteiger partial charge is 0.481 e. The normalized spacial score (nSPS) is 15.6. The van der Waals surface area contributed by atoms with Gasteiger partial charge in [-0.1, -0.05) is 48.0 Å². The molecule has 0 radical (unpaired) electrons. The van der Waals surface area contributed by atoms with Crippen LogP contribution in [0, 0.1) is 11.6 Å². The highest BCUT2D eigenvalue weighted by atomic mass is 35.5. The second-order valence-corrected chi connectivity index (χ2v) is 12.8. The van der Waals surface area contributed by atoms with Gasteiger partial charge in [-0.05, 0) is 80.2 Å². The first-order valence-corrected chi connectivity index (χ1v) is 16.5. The van der Waals surface area contributed by atoms with E-state index >= 15 is 0 Å². The number of aliphatic carboxylic acids is 1. The molecule has 0 atom stereocenters. The smallest absolute Gasteiger partial charge is 0.336 e. The Bertz CT molecular complexity index is 1920. The number of aromatic nitrogens is 2. The Balaban J connectivity index is 1.37. The van der Waals surface area contributed by atoms with Crippen molar-refractivity contribution in [3.05, 3.63) is 132 Å². The summed E-state index contributed by atoms with van der Waals surface area (Å²) in [6.07, 6.45) is 1.96. The van der Waals surface area contributed by atoms with Crippen LogP contribution in [0.2, 0.25) is 5.02 Å². The van der Waals surface area contributed by atoms with Gasteiger partial charge >= 0.3 is 11.7 Å². The summed E-state index contributed by atoms with van der Waals surface area (Å²) in [4.78, 5) is 42.0. The Morgan fingerprint density at radius 1 is 0.958 bits per heavy atom. The minimum atomic E-state index is -0.969. The second-order valence-electron chi connectivity index (χ2n) is 12.3. The van der Waals surface area contributed by atoms with Crippen LogP contribution in [0.4, 0.5) is 8.78 Å². The molecule has 6 rings (SSSR count). The Labute approximate surface area is 281 Å². The number of carboxylic acid groups (broad SMARTS) is 1. The molecule has 48 heavy (non-hydrogen) atoms. The van der Waals surface area contributed by atoms with Crippen molar-refractivity contribution in [2.24, 2.45) is 0 Å². The molecule has 2 aliphatic rings. The molecule has 2 N–H and O–H groups in total. The molecule has 9 nitrogen and oxygen atoms in total. The third-order valence-corrected chi connectivity index (χ3v) is 9.51. The van der Waals surface area contributed by atoms with Gasteiger partial charge in [0.2, 0.25) is 0 Å². The van der Waals surface area contributed by atoms with Crippen molar-refractivity contribution in [1.82, 2.24) is 19.4 Å². The maximum atomic E-state index is 14.9. The SMILES string of the molecule is O=C(O)CCCNCCc1ccccc1-n1c(=O)c2c(n(Cc3c(F)cccc3F)c1=O)COC21CCN(Cc2cccc(Cl)c2)CC1. The van der Waals surface area contributed by atoms with Crippen LogP contribution in [0.25, 0.3) is 5.69 Å². The zero-order valence-electron chi connectivity index (χ0n) is 26.4. The molecule has 0 unspecified atom stereocenters. The van der Waals surface area contributed by atoms with E-state index in [-0.39, 0.29) is 18.6 Å². The van der Waals surface area contributed by atoms with Crippen molar-refractivity contribution >= 4 is 17.6 Å². The summed E-state index contributed by atoms with van der Waals surface area (Å²) >= 11 is 6.20. The highest BCUT2D eigenvalue weighted by molar-refractivity contribution is 6.30. The molecule has 0 bridgehead atoms. The van der Waals surface area contributed by atoms with E-state index in [1.807, 2.05) is 36.4 Å². The number of rotatable bonds is 12. The minimum Gasteiger partial charge on any atom is -0.481 e. The number of benzene rings is 3. The average Bonchev–Trinajstić information content (AvgIpc) is 3.42. The van der Waals surface area contributed by atoms with E-state index in [9.17, 15) is 23.2 Å². The maximum Gasteiger partial charge on any atom is 0.336 e. The van der Waals surface area contributed by atoms with Crippen LogP contribution in [0.3, 0.4) is 0 Å². The van der Waals surface area contributed by atoms with Crippen molar-refractivity contribution in [1.29, 1.82) is 0 Å². The number of halogens is 3. The number of nitrogens with zero attached hydrogens (tertiary/aromatic N) is 3. The van der Waals surface area contributed by atoms with E-state index in [1.165, 1.54) is 10.6 Å². The highest BCUT2D eigenvalue weighted by Crippen LogP contribution is 2.42. The number of para-hydroxylation sites is 1. The molecule has 2 aliphatic heterocycles. The fourth-order valence-corrected chi connectivity index (χ4v) is 7.02. The number of ether oxygens (including phenoxy) is 1. The lowest BCUT2D eigenvalue weighted by Gasteiger charge is -2.39. The lowest BCUT2D eigenvalue weighted by molar-refractivity contribution is -0.137. The first kappa shape index (κ1) is 33.7. The van der Waals surface area contributed by atoms with Crippen LogP contribution in [-0.2, 0) is 41.2 Å². The summed E-state index contributed by atoms with van der Waals surface area (Å²) in [6, 6.07) is 18.3. The molecule has 4 aromatic rings. The molecule has 1 saturated heterocycles. The van der Waals surface area contributed by atoms with E-state index in [2.05, 4.69) is 10.2 Å². The second kappa shape index (κ2) is 14.5. The van der Waals surface area contributed by atoms with E-state index in [1.54, 1.807) is 12.1 Å². The number of fused-ring (bicyclic) bond motifs is 2. The standard InChI is InChI=1S/C36H37ClF2N4O5/c37-26-8-3-6-24(20-26)21-41-18-14-36(15-19-41)33-31(23-48-36)42(22-27-28(38)9-4-10-29(27)39)35(47)43(34(33)46)30-11-2-1-7-25(30)13-17-40-16-5-12-32(44)45/h1-4,6-11,20,40H,5,12-19,21-23H2,(H,44,45). The third-order valence-electron chi connectivity index (χ3n) is 9.28. The molecule has 1 spiro atoms. The molecule has 1 aromatic heterocycles. The van der Waals surface area contributed by atoms with Crippen molar-refractivity contribution in [3.63, 3.8) is 0 Å². The zero-order valence-corrected chi connectivity index (χ0v) is 27.1. The Hall–Kier alpha value is -4.16. The number of hydrogen-bond acceptors (Lipinski definition) is 6. The number of piperidine rings is 1. The van der Waals surface area contributed by atoms with Crippen molar-refractivity contribution < 1.29 is 23.4 Å². The third kappa shape index (κ3) is 7.00. The number of hydrogen-bond donors (Lipinski definition) is 2. The number of carboxylic acids is 1. The van der Waals surface area contributed by atoms with Gasteiger partial charge in [-0.3, -0.25) is 19.1 Å². The zero-order chi connectivity index (χ0) is 33.8. The summed E-state index contributed by atoms with van der Waals surface area (Å²) < 4.78 is 38.7. The van der Waals surface area contributed by atoms with Gasteiger partial charge in [-0.2, -0.15) is 0 Å². The molecule has 12 heteroatoms. The van der Waals surface area contributed by atoms with Crippen LogP contribution in [-0.4, -0.2) is 51.3 Å². The van der Waals surface area contributed by atoms with Crippen molar-refractivity contribution in [2.75, 3.05) is 26.2 Å². The number of carbonyl (C=O) groups is 1. The summed E-state index contributed by atoms with van der Waals surface area (Å²) in [5.74, 6) is -2.44. The first-order chi connectivity index (χ1) is 23.2. The van der Waals surface area contributed by atoms with Gasteiger partial charge in [-0.25, -0.2) is 18.1 Å². The molecule has 0 aliphatic carbocycles. The fraction of sp³-hybridized carbons (Fsp3) is 0.361. The van der Waals surface area contributed by atoms with Gasteiger partial charge in [0, 0.05) is 36.6 Å². The van der Waals surface area contributed by atoms with Crippen LogP contribution >= 0.6 is 11.6 Å².